The molecule has 4 rings (SSSR count). The highest BCUT2D eigenvalue weighted by Gasteiger charge is 2.18. The Kier molecular flexibility index (Phi) is 7.88. The van der Waals surface area contributed by atoms with E-state index in [2.05, 4.69) is 0 Å². The van der Waals surface area contributed by atoms with E-state index in [0.717, 1.165) is 0 Å². The predicted octanol–water partition coefficient (Wildman–Crippen LogP) is 12.0. The first-order valence-corrected chi connectivity index (χ1v) is 12.4. The van der Waals surface area contributed by atoms with Gasteiger partial charge in [-0.3, -0.25) is 0 Å². The Morgan fingerprint density at radius 1 is 0.333 bits per heavy atom. The van der Waals surface area contributed by atoms with Gasteiger partial charge in [-0.1, -0.05) is 104 Å². The van der Waals surface area contributed by atoms with Gasteiger partial charge in [0.15, 0.2) is 0 Å². The molecule has 0 N–H and O–H groups in total. The van der Waals surface area contributed by atoms with E-state index < -0.39 is 0 Å². The third-order valence-corrected chi connectivity index (χ3v) is 7.82. The summed E-state index contributed by atoms with van der Waals surface area (Å²) in [6.07, 6.45) is 0. The van der Waals surface area contributed by atoms with E-state index in [1.807, 2.05) is 0 Å². The van der Waals surface area contributed by atoms with Crippen LogP contribution in [0, 0.1) is 0 Å². The average Bonchev–Trinajstić information content (AvgIpc) is 2.75. The molecular formula is C23H8Cl9N. The van der Waals surface area contributed by atoms with E-state index in [9.17, 15) is 0 Å². The van der Waals surface area contributed by atoms with Gasteiger partial charge in [-0.25, -0.2) is 4.98 Å². The van der Waals surface area contributed by atoms with Crippen molar-refractivity contribution in [3.63, 3.8) is 0 Å². The van der Waals surface area contributed by atoms with Crippen LogP contribution in [0.1, 0.15) is 0 Å². The third-order valence-electron chi connectivity index (χ3n) is 4.72. The van der Waals surface area contributed by atoms with E-state index in [1.54, 1.807) is 48.5 Å². The summed E-state index contributed by atoms with van der Waals surface area (Å²) in [5.74, 6) is 0. The Bertz CT molecular complexity index is 1230. The van der Waals surface area contributed by atoms with Crippen LogP contribution >= 0.6 is 104 Å². The normalized spacial score (nSPS) is 11.2. The van der Waals surface area contributed by atoms with Crippen molar-refractivity contribution in [2.45, 2.75) is 0 Å². The van der Waals surface area contributed by atoms with Crippen LogP contribution in [-0.4, -0.2) is 4.98 Å². The lowest BCUT2D eigenvalue weighted by molar-refractivity contribution is 1.32. The van der Waals surface area contributed by atoms with Gasteiger partial charge in [-0.05, 0) is 54.1 Å². The molecule has 1 aromatic heterocycles. The summed E-state index contributed by atoms with van der Waals surface area (Å²) in [6, 6.07) is 13.2. The number of halogens is 9. The smallest absolute Gasteiger partial charge is 0.0731 e. The molecule has 4 aromatic rings. The van der Waals surface area contributed by atoms with Gasteiger partial charge in [0.25, 0.3) is 0 Å². The third kappa shape index (κ3) is 5.33. The first-order chi connectivity index (χ1) is 15.5. The van der Waals surface area contributed by atoms with Crippen molar-refractivity contribution < 1.29 is 0 Å². The van der Waals surface area contributed by atoms with Crippen molar-refractivity contribution in [1.29, 1.82) is 0 Å². The zero-order chi connectivity index (χ0) is 24.0. The Hall–Kier alpha value is -0.580. The van der Waals surface area contributed by atoms with Gasteiger partial charge in [0.2, 0.25) is 0 Å². The maximum atomic E-state index is 6.49. The maximum Gasteiger partial charge on any atom is 0.0731 e. The van der Waals surface area contributed by atoms with Crippen molar-refractivity contribution >= 4 is 104 Å². The van der Waals surface area contributed by atoms with Crippen molar-refractivity contribution in [2.75, 3.05) is 0 Å². The topological polar surface area (TPSA) is 12.9 Å². The Balaban J connectivity index is 2.04. The first kappa shape index (κ1) is 25.5. The van der Waals surface area contributed by atoms with Crippen LogP contribution in [0.4, 0.5) is 0 Å². The molecule has 1 heterocycles. The summed E-state index contributed by atoms with van der Waals surface area (Å²) < 4.78 is 0. The molecule has 1 nitrogen and oxygen atoms in total. The van der Waals surface area contributed by atoms with Crippen LogP contribution in [0.25, 0.3) is 33.6 Å². The molecule has 0 spiro atoms. The minimum Gasteiger partial charge on any atom is -0.248 e. The van der Waals surface area contributed by atoms with Gasteiger partial charge in [-0.15, -0.1) is 0 Å². The zero-order valence-corrected chi connectivity index (χ0v) is 22.8. The molecule has 168 valence electrons. The fourth-order valence-electron chi connectivity index (χ4n) is 3.14. The second kappa shape index (κ2) is 10.2. The summed E-state index contributed by atoms with van der Waals surface area (Å²) in [4.78, 5) is 4.76. The van der Waals surface area contributed by atoms with E-state index in [-0.39, 0.29) is 0 Å². The number of nitrogens with zero attached hydrogens (tertiary/aromatic N) is 1. The number of pyridine rings is 1. The number of benzene rings is 3. The minimum atomic E-state index is 0.321. The largest absolute Gasteiger partial charge is 0.248 e. The van der Waals surface area contributed by atoms with Gasteiger partial charge < -0.3 is 0 Å². The summed E-state index contributed by atoms with van der Waals surface area (Å²) in [6.45, 7) is 0. The van der Waals surface area contributed by atoms with E-state index in [4.69, 9.17) is 109 Å². The van der Waals surface area contributed by atoms with Gasteiger partial charge in [0.1, 0.15) is 0 Å². The SMILES string of the molecule is Clc1cc(Cl)c(-c2cc(-c3cc(Cl)c(Cl)cc3Cl)nc(-c3cc(Cl)c(Cl)cc3Cl)c2)cc1Cl. The standard InChI is InChI=1S/C23H8Cl9N/c24-13-6-19(30)16(27)3-10(13)9-1-22(11-4-17(28)20(31)7-14(11)25)33-23(2-9)12-5-18(29)21(32)8-15(12)26/h1-8H. The molecular weight excluding hydrogens is 609 g/mol. The fraction of sp³-hybridized carbons (Fsp3) is 0. The molecule has 10 heteroatoms. The molecule has 0 aliphatic rings. The van der Waals surface area contributed by atoms with Crippen molar-refractivity contribution in [2.24, 2.45) is 0 Å². The second-order valence-electron chi connectivity index (χ2n) is 6.86. The highest BCUT2D eigenvalue weighted by molar-refractivity contribution is 6.45. The summed E-state index contributed by atoms with van der Waals surface area (Å²) >= 11 is 56.5. The average molecular weight is 617 g/mol. The van der Waals surface area contributed by atoms with Crippen LogP contribution in [0.5, 0.6) is 0 Å². The molecule has 3 aromatic carbocycles. The van der Waals surface area contributed by atoms with E-state index in [1.165, 1.54) is 0 Å². The van der Waals surface area contributed by atoms with Crippen LogP contribution < -0.4 is 0 Å². The summed E-state index contributed by atoms with van der Waals surface area (Å²) in [5, 5.41) is 3.09. The Morgan fingerprint density at radius 3 is 1.03 bits per heavy atom. The molecule has 0 amide bonds. The molecule has 0 bridgehead atoms. The van der Waals surface area contributed by atoms with E-state index in [0.29, 0.717) is 78.8 Å². The van der Waals surface area contributed by atoms with Crippen molar-refractivity contribution in [3.8, 4) is 33.6 Å². The first-order valence-electron chi connectivity index (χ1n) is 9.02. The molecule has 0 saturated carbocycles. The van der Waals surface area contributed by atoms with Crippen LogP contribution in [0.15, 0.2) is 48.5 Å². The monoisotopic (exact) mass is 613 g/mol. The van der Waals surface area contributed by atoms with Crippen molar-refractivity contribution in [3.05, 3.63) is 93.7 Å². The van der Waals surface area contributed by atoms with Crippen LogP contribution in [0.3, 0.4) is 0 Å². The molecule has 0 aliphatic heterocycles. The zero-order valence-electron chi connectivity index (χ0n) is 16.0. The minimum absolute atomic E-state index is 0.321. The fourth-order valence-corrected chi connectivity index (χ4v) is 5.09. The Labute approximate surface area is 235 Å². The quantitative estimate of drug-likeness (QED) is 0.209. The number of hydrogen-bond acceptors (Lipinski definition) is 1. The molecule has 0 atom stereocenters. The molecule has 0 fully saturated rings. The lowest BCUT2D eigenvalue weighted by atomic mass is 9.99. The highest BCUT2D eigenvalue weighted by atomic mass is 35.5. The Morgan fingerprint density at radius 2 is 0.636 bits per heavy atom. The number of hydrogen-bond donors (Lipinski definition) is 0. The second-order valence-corrected chi connectivity index (χ2v) is 10.5. The highest BCUT2D eigenvalue weighted by Crippen LogP contribution is 2.42. The summed E-state index contributed by atoms with van der Waals surface area (Å²) in [7, 11) is 0. The lowest BCUT2D eigenvalue weighted by Gasteiger charge is -2.14. The number of rotatable bonds is 3. The maximum absolute atomic E-state index is 6.49. The van der Waals surface area contributed by atoms with Gasteiger partial charge >= 0.3 is 0 Å². The summed E-state index contributed by atoms with van der Waals surface area (Å²) in [5.41, 5.74) is 3.42. The van der Waals surface area contributed by atoms with Crippen LogP contribution in [-0.2, 0) is 0 Å². The van der Waals surface area contributed by atoms with E-state index >= 15 is 0 Å². The molecule has 33 heavy (non-hydrogen) atoms. The molecule has 0 saturated heterocycles. The van der Waals surface area contributed by atoms with Gasteiger partial charge in [0, 0.05) is 21.7 Å². The van der Waals surface area contributed by atoms with Crippen LogP contribution in [0.2, 0.25) is 45.2 Å². The molecule has 0 aliphatic carbocycles. The van der Waals surface area contributed by atoms with Gasteiger partial charge in [-0.2, -0.15) is 0 Å². The molecule has 0 radical (unpaired) electrons. The lowest BCUT2D eigenvalue weighted by Crippen LogP contribution is -1.94. The number of aromatic nitrogens is 1. The van der Waals surface area contributed by atoms with Gasteiger partial charge in [0.05, 0.1) is 51.6 Å². The molecule has 0 unspecified atom stereocenters. The van der Waals surface area contributed by atoms with Crippen molar-refractivity contribution in [1.82, 2.24) is 4.98 Å². The predicted molar refractivity (Wildman–Crippen MR) is 146 cm³/mol.